The smallest absolute Gasteiger partial charge is 0.437 e. The number of benzene rings is 1. The first-order valence-electron chi connectivity index (χ1n) is 7.20. The number of nitriles is 1. The molecule has 0 fully saturated rings. The van der Waals surface area contributed by atoms with Gasteiger partial charge in [-0.2, -0.15) is 18.4 Å². The number of alkyl halides is 3. The number of aliphatic imine (C=N–C) groups is 1. The molecule has 2 heterocycles. The van der Waals surface area contributed by atoms with E-state index in [2.05, 4.69) is 4.99 Å². The van der Waals surface area contributed by atoms with Crippen molar-refractivity contribution in [3.8, 4) is 6.07 Å². The molecule has 1 aromatic carbocycles. The van der Waals surface area contributed by atoms with Gasteiger partial charge in [-0.25, -0.2) is 4.99 Å². The van der Waals surface area contributed by atoms with E-state index in [1.807, 2.05) is 6.07 Å². The maximum absolute atomic E-state index is 13.5. The van der Waals surface area contributed by atoms with Gasteiger partial charge in [-0.15, -0.1) is 0 Å². The average Bonchev–Trinajstić information content (AvgIpc) is 3.21. The molecule has 0 aliphatic rings. The number of para-hydroxylation sites is 1. The minimum Gasteiger partial charge on any atom is -0.454 e. The van der Waals surface area contributed by atoms with Crippen molar-refractivity contribution in [2.75, 3.05) is 11.9 Å². The summed E-state index contributed by atoms with van der Waals surface area (Å²) in [4.78, 5) is 15.6. The Morgan fingerprint density at radius 3 is 2.69 bits per heavy atom. The SMILES string of the molecule is CN(C=O)c1sc(N=C(c2cc3ccccc3o2)C(F)(F)F)cc1C#N. The molecule has 2 aromatic heterocycles. The lowest BCUT2D eigenvalue weighted by molar-refractivity contribution is -0.107. The van der Waals surface area contributed by atoms with Crippen LogP contribution in [0.4, 0.5) is 23.2 Å². The number of carbonyl (C=O) groups excluding carboxylic acids is 1. The van der Waals surface area contributed by atoms with Gasteiger partial charge in [-0.3, -0.25) is 4.79 Å². The number of nitrogens with zero attached hydrogens (tertiary/aromatic N) is 3. The summed E-state index contributed by atoms with van der Waals surface area (Å²) < 4.78 is 45.8. The van der Waals surface area contributed by atoms with Gasteiger partial charge in [0.2, 0.25) is 6.41 Å². The van der Waals surface area contributed by atoms with Crippen molar-refractivity contribution in [2.24, 2.45) is 4.99 Å². The fourth-order valence-corrected chi connectivity index (χ4v) is 3.19. The van der Waals surface area contributed by atoms with Crippen LogP contribution in [0.2, 0.25) is 0 Å². The van der Waals surface area contributed by atoms with Crippen LogP contribution in [-0.2, 0) is 4.79 Å². The van der Waals surface area contributed by atoms with Crippen LogP contribution in [0.1, 0.15) is 11.3 Å². The van der Waals surface area contributed by atoms with Crippen molar-refractivity contribution in [2.45, 2.75) is 6.18 Å². The molecule has 5 nitrogen and oxygen atoms in total. The van der Waals surface area contributed by atoms with Crippen molar-refractivity contribution in [1.82, 2.24) is 0 Å². The second kappa shape index (κ2) is 6.65. The van der Waals surface area contributed by atoms with Gasteiger partial charge in [0.15, 0.2) is 11.5 Å². The van der Waals surface area contributed by atoms with Gasteiger partial charge in [0.05, 0.1) is 5.56 Å². The summed E-state index contributed by atoms with van der Waals surface area (Å²) in [5.74, 6) is -0.420. The summed E-state index contributed by atoms with van der Waals surface area (Å²) >= 11 is 0.806. The first-order valence-corrected chi connectivity index (χ1v) is 8.02. The van der Waals surface area contributed by atoms with E-state index in [1.54, 1.807) is 24.3 Å². The zero-order chi connectivity index (χ0) is 18.9. The number of fused-ring (bicyclic) bond motifs is 1. The van der Waals surface area contributed by atoms with Gasteiger partial charge in [0, 0.05) is 12.4 Å². The molecule has 0 spiro atoms. The molecule has 0 radical (unpaired) electrons. The molecular weight excluding hydrogens is 367 g/mol. The molecule has 26 heavy (non-hydrogen) atoms. The van der Waals surface area contributed by atoms with E-state index in [1.165, 1.54) is 19.2 Å². The van der Waals surface area contributed by atoms with Gasteiger partial charge in [-0.05, 0) is 18.2 Å². The van der Waals surface area contributed by atoms with E-state index >= 15 is 0 Å². The number of halogens is 3. The van der Waals surface area contributed by atoms with Gasteiger partial charge in [0.1, 0.15) is 21.7 Å². The highest BCUT2D eigenvalue weighted by molar-refractivity contribution is 7.20. The van der Waals surface area contributed by atoms with Crippen LogP contribution < -0.4 is 4.90 Å². The molecular formula is C17H10F3N3O2S. The first kappa shape index (κ1) is 17.7. The molecule has 0 saturated carbocycles. The van der Waals surface area contributed by atoms with Crippen LogP contribution in [0.15, 0.2) is 45.8 Å². The lowest BCUT2D eigenvalue weighted by atomic mass is 10.2. The second-order valence-electron chi connectivity index (χ2n) is 5.24. The summed E-state index contributed by atoms with van der Waals surface area (Å²) in [5, 5.41) is 9.78. The number of hydrogen-bond donors (Lipinski definition) is 0. The Morgan fingerprint density at radius 1 is 1.35 bits per heavy atom. The standard InChI is InChI=1S/C17H10F3N3O2S/c1-23(9-24)16-11(8-21)7-14(26-16)22-15(17(18,19)20)13-6-10-4-2-3-5-12(10)25-13/h2-7,9H,1H3. The van der Waals surface area contributed by atoms with Crippen LogP contribution in [-0.4, -0.2) is 25.3 Å². The minimum atomic E-state index is -4.76. The Hall–Kier alpha value is -3.12. The molecule has 0 N–H and O–H groups in total. The quantitative estimate of drug-likeness (QED) is 0.491. The Kier molecular flexibility index (Phi) is 4.52. The molecule has 0 atom stereocenters. The molecule has 1 amide bonds. The zero-order valence-corrected chi connectivity index (χ0v) is 14.1. The second-order valence-corrected chi connectivity index (χ2v) is 6.25. The largest absolute Gasteiger partial charge is 0.454 e. The Morgan fingerprint density at radius 2 is 2.08 bits per heavy atom. The average molecular weight is 377 g/mol. The molecule has 0 unspecified atom stereocenters. The normalized spacial score (nSPS) is 12.2. The number of anilines is 1. The lowest BCUT2D eigenvalue weighted by Crippen LogP contribution is -2.23. The highest BCUT2D eigenvalue weighted by atomic mass is 32.1. The molecule has 3 rings (SSSR count). The van der Waals surface area contributed by atoms with Crippen molar-refractivity contribution in [1.29, 1.82) is 5.26 Å². The molecule has 0 aliphatic heterocycles. The summed E-state index contributed by atoms with van der Waals surface area (Å²) in [5.41, 5.74) is -0.834. The Bertz CT molecular complexity index is 1010. The van der Waals surface area contributed by atoms with Gasteiger partial charge in [0.25, 0.3) is 0 Å². The van der Waals surface area contributed by atoms with Gasteiger partial charge >= 0.3 is 6.18 Å². The van der Waals surface area contributed by atoms with Crippen LogP contribution in [0.25, 0.3) is 11.0 Å². The topological polar surface area (TPSA) is 69.6 Å². The Balaban J connectivity index is 2.13. The fourth-order valence-electron chi connectivity index (χ4n) is 2.28. The van der Waals surface area contributed by atoms with Crippen LogP contribution in [0, 0.1) is 11.3 Å². The van der Waals surface area contributed by atoms with Crippen LogP contribution in [0.3, 0.4) is 0 Å². The van der Waals surface area contributed by atoms with Crippen molar-refractivity contribution in [3.63, 3.8) is 0 Å². The maximum Gasteiger partial charge on any atom is 0.437 e. The number of rotatable bonds is 4. The van der Waals surface area contributed by atoms with Crippen LogP contribution >= 0.6 is 11.3 Å². The number of thiophene rings is 1. The fraction of sp³-hybridized carbons (Fsp3) is 0.118. The van der Waals surface area contributed by atoms with E-state index in [4.69, 9.17) is 9.68 Å². The third-order valence-electron chi connectivity index (χ3n) is 3.45. The predicted molar refractivity (Wildman–Crippen MR) is 92.0 cm³/mol. The molecule has 9 heteroatoms. The highest BCUT2D eigenvalue weighted by Crippen LogP contribution is 2.38. The molecule has 0 bridgehead atoms. The number of hydrogen-bond acceptors (Lipinski definition) is 5. The number of amides is 1. The summed E-state index contributed by atoms with van der Waals surface area (Å²) in [6.45, 7) is 0. The van der Waals surface area contributed by atoms with Crippen molar-refractivity contribution >= 4 is 44.4 Å². The van der Waals surface area contributed by atoms with E-state index in [9.17, 15) is 18.0 Å². The monoisotopic (exact) mass is 377 g/mol. The van der Waals surface area contributed by atoms with Crippen LogP contribution in [0.5, 0.6) is 0 Å². The van der Waals surface area contributed by atoms with E-state index in [0.717, 1.165) is 16.2 Å². The molecule has 132 valence electrons. The zero-order valence-electron chi connectivity index (χ0n) is 13.2. The maximum atomic E-state index is 13.5. The molecule has 0 saturated heterocycles. The van der Waals surface area contributed by atoms with Gasteiger partial charge in [-0.1, -0.05) is 29.5 Å². The van der Waals surface area contributed by atoms with E-state index in [0.29, 0.717) is 17.4 Å². The first-order chi connectivity index (χ1) is 12.3. The summed E-state index contributed by atoms with van der Waals surface area (Å²) in [7, 11) is 1.40. The number of furan rings is 1. The summed E-state index contributed by atoms with van der Waals surface area (Å²) in [6.07, 6.45) is -4.30. The highest BCUT2D eigenvalue weighted by Gasteiger charge is 2.39. The van der Waals surface area contributed by atoms with Crippen molar-refractivity contribution in [3.05, 3.63) is 47.7 Å². The molecule has 3 aromatic rings. The predicted octanol–water partition coefficient (Wildman–Crippen LogP) is 4.64. The lowest BCUT2D eigenvalue weighted by Gasteiger charge is -2.07. The van der Waals surface area contributed by atoms with E-state index in [-0.39, 0.29) is 15.6 Å². The van der Waals surface area contributed by atoms with Crippen molar-refractivity contribution < 1.29 is 22.4 Å². The molecule has 0 aliphatic carbocycles. The van der Waals surface area contributed by atoms with Gasteiger partial charge < -0.3 is 9.32 Å². The number of carbonyl (C=O) groups is 1. The third kappa shape index (κ3) is 3.32. The third-order valence-corrected chi connectivity index (χ3v) is 4.57. The summed E-state index contributed by atoms with van der Waals surface area (Å²) in [6, 6.07) is 10.8. The Labute approximate surface area is 149 Å². The van der Waals surface area contributed by atoms with E-state index < -0.39 is 17.6 Å². The minimum absolute atomic E-state index is 0.0574.